The lowest BCUT2D eigenvalue weighted by Crippen LogP contribution is -2.48. The van der Waals surface area contributed by atoms with Gasteiger partial charge in [-0.1, -0.05) is 23.2 Å². The number of halogens is 2. The van der Waals surface area contributed by atoms with Crippen molar-refractivity contribution in [2.24, 2.45) is 0 Å². The van der Waals surface area contributed by atoms with Gasteiger partial charge in [0.05, 0.1) is 30.3 Å². The fourth-order valence-electron chi connectivity index (χ4n) is 2.23. The Labute approximate surface area is 137 Å². The molecule has 1 aromatic rings. The van der Waals surface area contributed by atoms with Gasteiger partial charge in [0.2, 0.25) is 5.91 Å². The molecule has 120 valence electrons. The number of carbonyl (C=O) groups is 2. The van der Waals surface area contributed by atoms with E-state index in [-0.39, 0.29) is 6.42 Å². The summed E-state index contributed by atoms with van der Waals surface area (Å²) < 4.78 is 5.19. The molecule has 0 aromatic heterocycles. The molecule has 1 aliphatic rings. The summed E-state index contributed by atoms with van der Waals surface area (Å²) in [5.74, 6) is -1.44. The number of rotatable bonds is 5. The minimum atomic E-state index is -1.03. The largest absolute Gasteiger partial charge is 0.480 e. The number of morpholine rings is 1. The Morgan fingerprint density at radius 2 is 2.00 bits per heavy atom. The summed E-state index contributed by atoms with van der Waals surface area (Å²) in [6.45, 7) is 1.92. The second kappa shape index (κ2) is 7.78. The summed E-state index contributed by atoms with van der Waals surface area (Å²) in [4.78, 5) is 25.2. The van der Waals surface area contributed by atoms with Crippen LogP contribution >= 0.6 is 23.2 Å². The Morgan fingerprint density at radius 1 is 1.32 bits per heavy atom. The molecule has 2 N–H and O–H groups in total. The SMILES string of the molecule is O=C(C[C@@H](C(=O)O)N1CCOCC1)Nc1ccc(Cl)cc1Cl. The molecule has 22 heavy (non-hydrogen) atoms. The van der Waals surface area contributed by atoms with Crippen molar-refractivity contribution in [1.29, 1.82) is 0 Å². The van der Waals surface area contributed by atoms with E-state index in [1.165, 1.54) is 6.07 Å². The van der Waals surface area contributed by atoms with Gasteiger partial charge in [0.15, 0.2) is 0 Å². The molecular formula is C14H16Cl2N2O4. The van der Waals surface area contributed by atoms with Crippen LogP contribution in [-0.4, -0.2) is 54.2 Å². The number of nitrogens with zero attached hydrogens (tertiary/aromatic N) is 1. The Kier molecular flexibility index (Phi) is 6.02. The lowest BCUT2D eigenvalue weighted by molar-refractivity contribution is -0.147. The molecule has 8 heteroatoms. The van der Waals surface area contributed by atoms with Crippen LogP contribution in [0.25, 0.3) is 0 Å². The van der Waals surface area contributed by atoms with Crippen LogP contribution in [0.4, 0.5) is 5.69 Å². The highest BCUT2D eigenvalue weighted by atomic mass is 35.5. The third-order valence-electron chi connectivity index (χ3n) is 3.36. The molecular weight excluding hydrogens is 331 g/mol. The average Bonchev–Trinajstić information content (AvgIpc) is 2.48. The quantitative estimate of drug-likeness (QED) is 0.853. The van der Waals surface area contributed by atoms with Gasteiger partial charge in [0.25, 0.3) is 0 Å². The van der Waals surface area contributed by atoms with E-state index in [9.17, 15) is 14.7 Å². The molecule has 1 saturated heterocycles. The van der Waals surface area contributed by atoms with E-state index in [4.69, 9.17) is 27.9 Å². The molecule has 1 aromatic carbocycles. The second-order valence-electron chi connectivity index (χ2n) is 4.88. The topological polar surface area (TPSA) is 78.9 Å². The number of carboxylic acid groups (broad SMARTS) is 1. The molecule has 6 nitrogen and oxygen atoms in total. The van der Waals surface area contributed by atoms with Crippen LogP contribution < -0.4 is 5.32 Å². The zero-order chi connectivity index (χ0) is 16.1. The average molecular weight is 347 g/mol. The van der Waals surface area contributed by atoms with E-state index >= 15 is 0 Å². The zero-order valence-electron chi connectivity index (χ0n) is 11.7. The van der Waals surface area contributed by atoms with Gasteiger partial charge in [-0.05, 0) is 18.2 Å². The van der Waals surface area contributed by atoms with Crippen molar-refractivity contribution in [1.82, 2.24) is 4.90 Å². The number of aliphatic carboxylic acids is 1. The van der Waals surface area contributed by atoms with Crippen LogP contribution in [0.2, 0.25) is 10.0 Å². The molecule has 2 rings (SSSR count). The van der Waals surface area contributed by atoms with E-state index in [0.29, 0.717) is 42.0 Å². The lowest BCUT2D eigenvalue weighted by atomic mass is 10.1. The monoisotopic (exact) mass is 346 g/mol. The third-order valence-corrected chi connectivity index (χ3v) is 3.90. The van der Waals surface area contributed by atoms with Crippen molar-refractivity contribution in [3.8, 4) is 0 Å². The molecule has 1 atom stereocenters. The van der Waals surface area contributed by atoms with Gasteiger partial charge in [0, 0.05) is 18.1 Å². The second-order valence-corrected chi connectivity index (χ2v) is 5.72. The maximum atomic E-state index is 12.1. The van der Waals surface area contributed by atoms with Crippen LogP contribution in [0.3, 0.4) is 0 Å². The standard InChI is InChI=1S/C14H16Cl2N2O4/c15-9-1-2-11(10(16)7-9)17-13(19)8-12(14(20)21)18-3-5-22-6-4-18/h1-2,7,12H,3-6,8H2,(H,17,19)(H,20,21)/t12-/m0/s1. The van der Waals surface area contributed by atoms with Crippen molar-refractivity contribution in [2.45, 2.75) is 12.5 Å². The van der Waals surface area contributed by atoms with Gasteiger partial charge >= 0.3 is 5.97 Å². The molecule has 0 spiro atoms. The fraction of sp³-hybridized carbons (Fsp3) is 0.429. The molecule has 0 saturated carbocycles. The first-order valence-electron chi connectivity index (χ1n) is 6.77. The summed E-state index contributed by atoms with van der Waals surface area (Å²) in [5.41, 5.74) is 0.405. The van der Waals surface area contributed by atoms with Gasteiger partial charge in [-0.15, -0.1) is 0 Å². The van der Waals surface area contributed by atoms with Crippen LogP contribution in [0.5, 0.6) is 0 Å². The zero-order valence-corrected chi connectivity index (χ0v) is 13.2. The summed E-state index contributed by atoms with van der Waals surface area (Å²) in [5, 5.41) is 12.7. The number of benzene rings is 1. The first kappa shape index (κ1) is 17.0. The van der Waals surface area contributed by atoms with E-state index < -0.39 is 17.9 Å². The number of carbonyl (C=O) groups excluding carboxylic acids is 1. The summed E-state index contributed by atoms with van der Waals surface area (Å²) in [6, 6.07) is 3.80. The van der Waals surface area contributed by atoms with Crippen molar-refractivity contribution >= 4 is 40.8 Å². The molecule has 0 radical (unpaired) electrons. The minimum Gasteiger partial charge on any atom is -0.480 e. The van der Waals surface area contributed by atoms with Crippen LogP contribution in [0.1, 0.15) is 6.42 Å². The molecule has 1 aliphatic heterocycles. The molecule has 1 amide bonds. The van der Waals surface area contributed by atoms with Gasteiger partial charge in [-0.3, -0.25) is 14.5 Å². The summed E-state index contributed by atoms with van der Waals surface area (Å²) in [6.07, 6.45) is -0.158. The van der Waals surface area contributed by atoms with Crippen LogP contribution in [0.15, 0.2) is 18.2 Å². The first-order valence-corrected chi connectivity index (χ1v) is 7.52. The number of hydrogen-bond donors (Lipinski definition) is 2. The Morgan fingerprint density at radius 3 is 2.59 bits per heavy atom. The van der Waals surface area contributed by atoms with Gasteiger partial charge < -0.3 is 15.2 Å². The number of nitrogens with one attached hydrogen (secondary N) is 1. The normalized spacial score (nSPS) is 17.0. The van der Waals surface area contributed by atoms with Crippen molar-refractivity contribution < 1.29 is 19.4 Å². The fourth-order valence-corrected chi connectivity index (χ4v) is 2.69. The smallest absolute Gasteiger partial charge is 0.321 e. The Bertz CT molecular complexity index is 562. The Hall–Kier alpha value is -1.34. The molecule has 1 fully saturated rings. The summed E-state index contributed by atoms with van der Waals surface area (Å²) >= 11 is 11.8. The molecule has 0 aliphatic carbocycles. The number of ether oxygens (including phenoxy) is 1. The number of anilines is 1. The van der Waals surface area contributed by atoms with E-state index in [1.54, 1.807) is 17.0 Å². The van der Waals surface area contributed by atoms with Crippen LogP contribution in [-0.2, 0) is 14.3 Å². The molecule has 0 unspecified atom stereocenters. The maximum Gasteiger partial charge on any atom is 0.321 e. The van der Waals surface area contributed by atoms with Crippen molar-refractivity contribution in [3.05, 3.63) is 28.2 Å². The van der Waals surface area contributed by atoms with E-state index in [0.717, 1.165) is 0 Å². The third kappa shape index (κ3) is 4.58. The number of hydrogen-bond acceptors (Lipinski definition) is 4. The minimum absolute atomic E-state index is 0.158. The first-order chi connectivity index (χ1) is 10.5. The van der Waals surface area contributed by atoms with Gasteiger partial charge in [-0.2, -0.15) is 0 Å². The van der Waals surface area contributed by atoms with Crippen molar-refractivity contribution in [2.75, 3.05) is 31.6 Å². The predicted octanol–water partition coefficient (Wildman–Crippen LogP) is 2.11. The highest BCUT2D eigenvalue weighted by Crippen LogP contribution is 2.25. The van der Waals surface area contributed by atoms with Gasteiger partial charge in [0.1, 0.15) is 6.04 Å². The van der Waals surface area contributed by atoms with E-state index in [1.807, 2.05) is 0 Å². The highest BCUT2D eigenvalue weighted by molar-refractivity contribution is 6.36. The van der Waals surface area contributed by atoms with Crippen LogP contribution in [0, 0.1) is 0 Å². The van der Waals surface area contributed by atoms with E-state index in [2.05, 4.69) is 5.32 Å². The van der Waals surface area contributed by atoms with Crippen molar-refractivity contribution in [3.63, 3.8) is 0 Å². The number of carboxylic acids is 1. The predicted molar refractivity (Wildman–Crippen MR) is 83.5 cm³/mol. The maximum absolute atomic E-state index is 12.1. The molecule has 0 bridgehead atoms. The number of amides is 1. The Balaban J connectivity index is 2.00. The molecule has 1 heterocycles. The van der Waals surface area contributed by atoms with Gasteiger partial charge in [-0.25, -0.2) is 0 Å². The highest BCUT2D eigenvalue weighted by Gasteiger charge is 2.29. The summed E-state index contributed by atoms with van der Waals surface area (Å²) in [7, 11) is 0. The lowest BCUT2D eigenvalue weighted by Gasteiger charge is -2.31.